The smallest absolute Gasteiger partial charge is 0.192 e. The van der Waals surface area contributed by atoms with Crippen molar-refractivity contribution < 1.29 is 31.4 Å². The molecule has 0 radical (unpaired) electrons. The minimum absolute atomic E-state index is 0.0689. The van der Waals surface area contributed by atoms with Gasteiger partial charge in [-0.15, -0.1) is 20.4 Å². The van der Waals surface area contributed by atoms with E-state index in [0.717, 1.165) is 24.3 Å². The molecule has 0 aliphatic heterocycles. The molecule has 0 aliphatic carbocycles. The van der Waals surface area contributed by atoms with Gasteiger partial charge in [0.25, 0.3) is 0 Å². The summed E-state index contributed by atoms with van der Waals surface area (Å²) in [5, 5.41) is 16.2. The van der Waals surface area contributed by atoms with Gasteiger partial charge in [0, 0.05) is 29.7 Å². The number of hydrogen-bond donors (Lipinski definition) is 0. The van der Waals surface area contributed by atoms with Crippen LogP contribution in [0.2, 0.25) is 10.0 Å². The van der Waals surface area contributed by atoms with Gasteiger partial charge >= 0.3 is 0 Å². The fraction of sp³-hybridized carbons (Fsp3) is 0.267. The number of benzene rings is 3. The Bertz CT molecular complexity index is 1900. The Morgan fingerprint density at radius 3 is 1.40 bits per heavy atom. The van der Waals surface area contributed by atoms with E-state index in [1.165, 1.54) is 35.1 Å². The van der Waals surface area contributed by atoms with Crippen molar-refractivity contribution >= 4 is 23.2 Å². The van der Waals surface area contributed by atoms with Gasteiger partial charge in [0.1, 0.15) is 5.82 Å². The zero-order valence-corrected chi connectivity index (χ0v) is 26.2. The van der Waals surface area contributed by atoms with Crippen LogP contribution in [0.1, 0.15) is 39.3 Å². The lowest BCUT2D eigenvalue weighted by molar-refractivity contribution is 0.0834. The van der Waals surface area contributed by atoms with Gasteiger partial charge < -0.3 is 18.6 Å². The van der Waals surface area contributed by atoms with Crippen LogP contribution in [0.15, 0.2) is 42.5 Å². The molecule has 8 nitrogen and oxygen atoms in total. The lowest BCUT2D eigenvalue weighted by Crippen LogP contribution is -2.30. The second-order valence-electron chi connectivity index (χ2n) is 11.1. The van der Waals surface area contributed by atoms with Gasteiger partial charge in [0.2, 0.25) is 0 Å². The van der Waals surface area contributed by atoms with Crippen LogP contribution in [-0.2, 0) is 25.3 Å². The minimum Gasteiger partial charge on any atom is -0.474 e. The van der Waals surface area contributed by atoms with E-state index >= 15 is 4.39 Å². The number of aromatic nitrogens is 6. The van der Waals surface area contributed by atoms with E-state index < -0.39 is 51.8 Å². The SMILES string of the molecule is Cn1c(-c2ccc(-c3nnc(C(C)(C)Oc4c(F)cc(Cl)cc4F)n3C)c(F)c2)nnc1C(C)(C)Oc1c(F)cc(Cl)cc1F. The van der Waals surface area contributed by atoms with E-state index in [2.05, 4.69) is 20.4 Å². The molecule has 0 atom stereocenters. The van der Waals surface area contributed by atoms with Crippen molar-refractivity contribution in [2.75, 3.05) is 0 Å². The number of hydrogen-bond acceptors (Lipinski definition) is 6. The fourth-order valence-corrected chi connectivity index (χ4v) is 5.27. The molecular weight excluding hydrogens is 642 g/mol. The van der Waals surface area contributed by atoms with E-state index in [1.54, 1.807) is 34.0 Å². The van der Waals surface area contributed by atoms with Crippen molar-refractivity contribution in [3.8, 4) is 34.3 Å². The van der Waals surface area contributed by atoms with Gasteiger partial charge in [0.05, 0.1) is 5.56 Å². The average Bonchev–Trinajstić information content (AvgIpc) is 3.51. The molecule has 0 aliphatic rings. The molecule has 0 spiro atoms. The first-order chi connectivity index (χ1) is 21.0. The summed E-state index contributed by atoms with van der Waals surface area (Å²) < 4.78 is 87.4. The maximum Gasteiger partial charge on any atom is 0.192 e. The third-order valence-electron chi connectivity index (χ3n) is 6.94. The third-order valence-corrected chi connectivity index (χ3v) is 7.37. The molecule has 5 rings (SSSR count). The predicted molar refractivity (Wildman–Crippen MR) is 156 cm³/mol. The van der Waals surface area contributed by atoms with Crippen molar-refractivity contribution in [1.82, 2.24) is 29.5 Å². The molecule has 0 fully saturated rings. The summed E-state index contributed by atoms with van der Waals surface area (Å²) in [5.41, 5.74) is -2.36. The van der Waals surface area contributed by atoms with E-state index in [0.29, 0.717) is 5.56 Å². The maximum atomic E-state index is 15.6. The first-order valence-corrected chi connectivity index (χ1v) is 14.0. The summed E-state index contributed by atoms with van der Waals surface area (Å²) in [4.78, 5) is 0. The van der Waals surface area contributed by atoms with Gasteiger partial charge in [-0.3, -0.25) is 0 Å². The predicted octanol–water partition coefficient (Wildman–Crippen LogP) is 7.91. The summed E-state index contributed by atoms with van der Waals surface area (Å²) in [6.07, 6.45) is 0. The van der Waals surface area contributed by atoms with Crippen LogP contribution in [0.4, 0.5) is 22.0 Å². The molecule has 0 saturated carbocycles. The number of ether oxygens (including phenoxy) is 2. The van der Waals surface area contributed by atoms with Gasteiger partial charge in [-0.1, -0.05) is 29.3 Å². The molecule has 0 amide bonds. The molecular formula is C30H25Cl2F5N6O2. The Labute approximate surface area is 264 Å². The summed E-state index contributed by atoms with van der Waals surface area (Å²) in [6.45, 7) is 6.15. The normalized spacial score (nSPS) is 12.1. The molecule has 2 aromatic heterocycles. The first kappa shape index (κ1) is 32.2. The van der Waals surface area contributed by atoms with Crippen molar-refractivity contribution in [2.24, 2.45) is 14.1 Å². The first-order valence-electron chi connectivity index (χ1n) is 13.3. The monoisotopic (exact) mass is 666 g/mol. The van der Waals surface area contributed by atoms with Crippen LogP contribution >= 0.6 is 23.2 Å². The summed E-state index contributed by atoms with van der Waals surface area (Å²) >= 11 is 11.4. The van der Waals surface area contributed by atoms with Crippen LogP contribution in [0.5, 0.6) is 11.5 Å². The molecule has 0 unspecified atom stereocenters. The van der Waals surface area contributed by atoms with Crippen LogP contribution in [0, 0.1) is 29.1 Å². The van der Waals surface area contributed by atoms with Gasteiger partial charge in [-0.25, -0.2) is 22.0 Å². The van der Waals surface area contributed by atoms with Gasteiger partial charge in [-0.2, -0.15) is 0 Å². The highest BCUT2D eigenvalue weighted by Crippen LogP contribution is 2.36. The molecule has 0 saturated heterocycles. The molecule has 0 bridgehead atoms. The molecule has 45 heavy (non-hydrogen) atoms. The Hall–Kier alpha value is -4.23. The second-order valence-corrected chi connectivity index (χ2v) is 12.0. The van der Waals surface area contributed by atoms with Crippen molar-refractivity contribution in [2.45, 2.75) is 38.9 Å². The van der Waals surface area contributed by atoms with Gasteiger partial charge in [0.15, 0.2) is 69.3 Å². The van der Waals surface area contributed by atoms with Crippen molar-refractivity contribution in [1.29, 1.82) is 0 Å². The van der Waals surface area contributed by atoms with Crippen LogP contribution in [0.25, 0.3) is 22.8 Å². The third kappa shape index (κ3) is 6.06. The Morgan fingerprint density at radius 1 is 0.578 bits per heavy atom. The van der Waals surface area contributed by atoms with Crippen molar-refractivity contribution in [3.05, 3.63) is 93.2 Å². The van der Waals surface area contributed by atoms with E-state index in [4.69, 9.17) is 32.7 Å². The standard InChI is InChI=1S/C30H25Cl2F5N6O2/c1-29(2,44-23-19(34)10-15(31)11-20(23)35)27-40-38-25(42(27)5)14-7-8-17(18(33)9-14)26-39-41-28(43(26)6)30(3,4)45-24-21(36)12-16(32)13-22(24)37/h7-13H,1-6H3. The van der Waals surface area contributed by atoms with E-state index in [-0.39, 0.29) is 38.9 Å². The highest BCUT2D eigenvalue weighted by Gasteiger charge is 2.34. The number of nitrogens with zero attached hydrogens (tertiary/aromatic N) is 6. The zero-order chi connectivity index (χ0) is 33.0. The topological polar surface area (TPSA) is 79.9 Å². The number of halogens is 7. The van der Waals surface area contributed by atoms with Crippen LogP contribution in [0.3, 0.4) is 0 Å². The largest absolute Gasteiger partial charge is 0.474 e. The highest BCUT2D eigenvalue weighted by molar-refractivity contribution is 6.30. The minimum atomic E-state index is -1.40. The van der Waals surface area contributed by atoms with Crippen LogP contribution in [-0.4, -0.2) is 29.5 Å². The lowest BCUT2D eigenvalue weighted by atomic mass is 10.1. The fourth-order valence-electron chi connectivity index (χ4n) is 4.88. The Kier molecular flexibility index (Phi) is 8.30. The maximum absolute atomic E-state index is 15.6. The quantitative estimate of drug-likeness (QED) is 0.157. The second kappa shape index (κ2) is 11.6. The Morgan fingerprint density at radius 2 is 0.978 bits per heavy atom. The van der Waals surface area contributed by atoms with Crippen LogP contribution < -0.4 is 9.47 Å². The van der Waals surface area contributed by atoms with E-state index in [1.807, 2.05) is 0 Å². The highest BCUT2D eigenvalue weighted by atomic mass is 35.5. The molecule has 2 heterocycles. The van der Waals surface area contributed by atoms with Crippen molar-refractivity contribution in [3.63, 3.8) is 0 Å². The summed E-state index contributed by atoms with van der Waals surface area (Å²) in [5.74, 6) is -5.23. The molecule has 15 heteroatoms. The zero-order valence-electron chi connectivity index (χ0n) is 24.7. The average molecular weight is 667 g/mol. The molecule has 0 N–H and O–H groups in total. The summed E-state index contributed by atoms with van der Waals surface area (Å²) in [6, 6.07) is 7.94. The van der Waals surface area contributed by atoms with Gasteiger partial charge in [-0.05, 0) is 64.1 Å². The molecule has 5 aromatic rings. The molecule has 236 valence electrons. The summed E-state index contributed by atoms with van der Waals surface area (Å²) in [7, 11) is 3.15. The Balaban J connectivity index is 1.42. The van der Waals surface area contributed by atoms with E-state index in [9.17, 15) is 17.6 Å². The molecule has 3 aromatic carbocycles. The number of rotatable bonds is 8. The lowest BCUT2D eigenvalue weighted by Gasteiger charge is -2.26.